The van der Waals surface area contributed by atoms with E-state index in [0.717, 1.165) is 30.4 Å². The Balaban J connectivity index is 1.46. The van der Waals surface area contributed by atoms with Gasteiger partial charge < -0.3 is 9.47 Å². The molecule has 2 bridgehead atoms. The molecule has 31 heavy (non-hydrogen) atoms. The van der Waals surface area contributed by atoms with Crippen LogP contribution in [0.4, 0.5) is 18.0 Å². The molecule has 0 aromatic heterocycles. The molecule has 2 heterocycles. The van der Waals surface area contributed by atoms with E-state index in [1.54, 1.807) is 17.0 Å². The maximum atomic E-state index is 12.8. The van der Waals surface area contributed by atoms with E-state index in [2.05, 4.69) is 4.74 Å². The lowest BCUT2D eigenvalue weighted by atomic mass is 9.83. The summed E-state index contributed by atoms with van der Waals surface area (Å²) in [5, 5.41) is 0. The highest BCUT2D eigenvalue weighted by molar-refractivity contribution is 5.69. The van der Waals surface area contributed by atoms with Crippen molar-refractivity contribution in [2.75, 3.05) is 0 Å². The Bertz CT molecular complexity index is 943. The van der Waals surface area contributed by atoms with Gasteiger partial charge in [0.2, 0.25) is 0 Å². The molecule has 0 saturated carbocycles. The number of hydrogen-bond acceptors (Lipinski definition) is 3. The molecule has 164 valence electrons. The standard InChI is InChI=1S/C24H24F3NO3/c25-24(26,27)31-22-12-5-4-9-19(22)13-18-14-20-10-6-11-21(15-18)28(20)23(29)30-16-17-7-2-1-3-8-17/h1-5,7-9,12,14,20-21H,6,10-11,13,15-16H2. The first kappa shape index (κ1) is 21.3. The number of benzene rings is 2. The molecule has 0 aliphatic carbocycles. The van der Waals surface area contributed by atoms with Crippen LogP contribution in [0.2, 0.25) is 0 Å². The zero-order valence-electron chi connectivity index (χ0n) is 17.0. The van der Waals surface area contributed by atoms with Gasteiger partial charge in [-0.15, -0.1) is 13.2 Å². The van der Waals surface area contributed by atoms with Gasteiger partial charge in [0.15, 0.2) is 0 Å². The predicted octanol–water partition coefficient (Wildman–Crippen LogP) is 6.02. The fraction of sp³-hybridized carbons (Fsp3) is 0.375. The number of para-hydroxylation sites is 1. The Hall–Kier alpha value is -2.96. The van der Waals surface area contributed by atoms with Gasteiger partial charge >= 0.3 is 12.5 Å². The highest BCUT2D eigenvalue weighted by atomic mass is 19.4. The normalized spacial score (nSPS) is 20.7. The molecule has 0 N–H and O–H groups in total. The summed E-state index contributed by atoms with van der Waals surface area (Å²) in [6.07, 6.45) is 0.626. The molecule has 2 unspecified atom stereocenters. The van der Waals surface area contributed by atoms with Crippen molar-refractivity contribution < 1.29 is 27.4 Å². The molecule has 2 atom stereocenters. The second-order valence-corrected chi connectivity index (χ2v) is 7.96. The second-order valence-electron chi connectivity index (χ2n) is 7.96. The fourth-order valence-corrected chi connectivity index (χ4v) is 4.45. The Morgan fingerprint density at radius 1 is 1.03 bits per heavy atom. The van der Waals surface area contributed by atoms with E-state index < -0.39 is 6.36 Å². The SMILES string of the molecule is O=C(OCc1ccccc1)N1C2C=C(Cc3ccccc3OC(F)(F)F)CC1CCC2. The van der Waals surface area contributed by atoms with Crippen LogP contribution in [-0.4, -0.2) is 29.4 Å². The van der Waals surface area contributed by atoms with Gasteiger partial charge in [0.05, 0.1) is 6.04 Å². The minimum absolute atomic E-state index is 0.00211. The fourth-order valence-electron chi connectivity index (χ4n) is 4.45. The lowest BCUT2D eigenvalue weighted by Crippen LogP contribution is -2.52. The molecule has 2 aromatic rings. The Morgan fingerprint density at radius 2 is 1.77 bits per heavy atom. The van der Waals surface area contributed by atoms with Crippen LogP contribution in [0.15, 0.2) is 66.2 Å². The molecule has 2 aliphatic rings. The average molecular weight is 431 g/mol. The third kappa shape index (κ3) is 5.40. The molecule has 1 fully saturated rings. The summed E-state index contributed by atoms with van der Waals surface area (Å²) in [5.74, 6) is -0.175. The number of carbonyl (C=O) groups excluding carboxylic acids is 1. The zero-order valence-corrected chi connectivity index (χ0v) is 17.0. The second kappa shape index (κ2) is 9.04. The van der Waals surface area contributed by atoms with Gasteiger partial charge in [0.25, 0.3) is 0 Å². The van der Waals surface area contributed by atoms with Gasteiger partial charge in [-0.25, -0.2) is 4.79 Å². The first-order valence-corrected chi connectivity index (χ1v) is 10.4. The van der Waals surface area contributed by atoms with Crippen LogP contribution >= 0.6 is 0 Å². The Morgan fingerprint density at radius 3 is 2.52 bits per heavy atom. The number of nitrogens with zero attached hydrogens (tertiary/aromatic N) is 1. The first-order valence-electron chi connectivity index (χ1n) is 10.4. The van der Waals surface area contributed by atoms with E-state index in [9.17, 15) is 18.0 Å². The van der Waals surface area contributed by atoms with Gasteiger partial charge in [-0.2, -0.15) is 0 Å². The Labute approximate surface area is 179 Å². The third-order valence-electron chi connectivity index (χ3n) is 5.75. The molecule has 7 heteroatoms. The summed E-state index contributed by atoms with van der Waals surface area (Å²) >= 11 is 0. The number of carbonyl (C=O) groups is 1. The molecular formula is C24H24F3NO3. The van der Waals surface area contributed by atoms with Gasteiger partial charge in [-0.05, 0) is 49.3 Å². The van der Waals surface area contributed by atoms with E-state index in [1.165, 1.54) is 12.1 Å². The number of amides is 1. The summed E-state index contributed by atoms with van der Waals surface area (Å²) in [5.41, 5.74) is 2.44. The third-order valence-corrected chi connectivity index (χ3v) is 5.75. The average Bonchev–Trinajstić information content (AvgIpc) is 2.72. The molecule has 2 aromatic carbocycles. The van der Waals surface area contributed by atoms with Crippen LogP contribution in [0.3, 0.4) is 0 Å². The molecule has 1 amide bonds. The topological polar surface area (TPSA) is 38.8 Å². The smallest absolute Gasteiger partial charge is 0.445 e. The van der Waals surface area contributed by atoms with Gasteiger partial charge in [-0.3, -0.25) is 4.90 Å². The summed E-state index contributed by atoms with van der Waals surface area (Å²) in [7, 11) is 0. The number of rotatable bonds is 5. The molecule has 1 saturated heterocycles. The number of fused-ring (bicyclic) bond motifs is 2. The summed E-state index contributed by atoms with van der Waals surface area (Å²) < 4.78 is 47.9. The number of hydrogen-bond donors (Lipinski definition) is 0. The number of halogens is 3. The van der Waals surface area contributed by atoms with Crippen molar-refractivity contribution in [3.63, 3.8) is 0 Å². The van der Waals surface area contributed by atoms with Crippen LogP contribution in [0.1, 0.15) is 36.8 Å². The minimum atomic E-state index is -4.73. The largest absolute Gasteiger partial charge is 0.573 e. The van der Waals surface area contributed by atoms with E-state index in [4.69, 9.17) is 4.74 Å². The van der Waals surface area contributed by atoms with Crippen LogP contribution in [0.5, 0.6) is 5.75 Å². The molecule has 4 nitrogen and oxygen atoms in total. The van der Waals surface area contributed by atoms with Crippen LogP contribution in [-0.2, 0) is 17.8 Å². The maximum absolute atomic E-state index is 12.8. The van der Waals surface area contributed by atoms with Gasteiger partial charge in [0, 0.05) is 6.04 Å². The maximum Gasteiger partial charge on any atom is 0.573 e. The monoisotopic (exact) mass is 431 g/mol. The van der Waals surface area contributed by atoms with Gasteiger partial charge in [0.1, 0.15) is 12.4 Å². The quantitative estimate of drug-likeness (QED) is 0.544. The van der Waals surface area contributed by atoms with Crippen LogP contribution in [0, 0.1) is 0 Å². The molecule has 0 radical (unpaired) electrons. The van der Waals surface area contributed by atoms with Crippen LogP contribution in [0.25, 0.3) is 0 Å². The lowest BCUT2D eigenvalue weighted by Gasteiger charge is -2.44. The number of piperidine rings is 1. The molecular weight excluding hydrogens is 407 g/mol. The number of ether oxygens (including phenoxy) is 2. The first-order chi connectivity index (χ1) is 14.9. The van der Waals surface area contributed by atoms with E-state index in [1.807, 2.05) is 36.4 Å². The van der Waals surface area contributed by atoms with Crippen molar-refractivity contribution in [1.82, 2.24) is 4.90 Å². The predicted molar refractivity (Wildman–Crippen MR) is 109 cm³/mol. The summed E-state index contributed by atoms with van der Waals surface area (Å²) in [6, 6.07) is 15.6. The molecule has 0 spiro atoms. The Kier molecular flexibility index (Phi) is 6.20. The van der Waals surface area contributed by atoms with E-state index in [-0.39, 0.29) is 30.5 Å². The van der Waals surface area contributed by atoms with Gasteiger partial charge in [-0.1, -0.05) is 60.2 Å². The van der Waals surface area contributed by atoms with E-state index >= 15 is 0 Å². The van der Waals surface area contributed by atoms with E-state index in [0.29, 0.717) is 18.4 Å². The molecule has 2 aliphatic heterocycles. The van der Waals surface area contributed by atoms with Crippen molar-refractivity contribution in [3.8, 4) is 5.75 Å². The summed E-state index contributed by atoms with van der Waals surface area (Å²) in [4.78, 5) is 14.6. The lowest BCUT2D eigenvalue weighted by molar-refractivity contribution is -0.274. The zero-order chi connectivity index (χ0) is 21.8. The van der Waals surface area contributed by atoms with Crippen LogP contribution < -0.4 is 4.74 Å². The molecule has 4 rings (SSSR count). The van der Waals surface area contributed by atoms with Crippen molar-refractivity contribution in [2.45, 2.75) is 57.2 Å². The number of alkyl halides is 3. The van der Waals surface area contributed by atoms with Crippen molar-refractivity contribution >= 4 is 6.09 Å². The summed E-state index contributed by atoms with van der Waals surface area (Å²) in [6.45, 7) is 0.217. The minimum Gasteiger partial charge on any atom is -0.445 e. The van der Waals surface area contributed by atoms with Crippen molar-refractivity contribution in [3.05, 3.63) is 77.4 Å². The van der Waals surface area contributed by atoms with Crippen molar-refractivity contribution in [2.24, 2.45) is 0 Å². The highest BCUT2D eigenvalue weighted by Gasteiger charge is 2.38. The van der Waals surface area contributed by atoms with Crippen molar-refractivity contribution in [1.29, 1.82) is 0 Å². The highest BCUT2D eigenvalue weighted by Crippen LogP contribution is 2.36.